The molecule has 1 aromatic carbocycles. The highest BCUT2D eigenvalue weighted by Gasteiger charge is 2.30. The molecule has 0 saturated carbocycles. The molecule has 1 aliphatic rings. The summed E-state index contributed by atoms with van der Waals surface area (Å²) in [6.07, 6.45) is 2.64. The lowest BCUT2D eigenvalue weighted by molar-refractivity contribution is 0.0958. The first-order chi connectivity index (χ1) is 10.4. The van der Waals surface area contributed by atoms with Crippen LogP contribution in [0.15, 0.2) is 39.6 Å². The molecule has 3 rings (SSSR count). The molecule has 7 heteroatoms. The van der Waals surface area contributed by atoms with Gasteiger partial charge in [0, 0.05) is 12.8 Å². The zero-order chi connectivity index (χ0) is 15.9. The maximum absolute atomic E-state index is 12.6. The van der Waals surface area contributed by atoms with Gasteiger partial charge < -0.3 is 9.32 Å². The number of hydrogen-bond acceptors (Lipinski definition) is 4. The maximum Gasteiger partial charge on any atom is 0.294 e. The second kappa shape index (κ2) is 5.44. The van der Waals surface area contributed by atoms with Crippen LogP contribution < -0.4 is 4.90 Å². The van der Waals surface area contributed by atoms with Crippen LogP contribution in [0.5, 0.6) is 0 Å². The molecule has 0 N–H and O–H groups in total. The lowest BCUT2D eigenvalue weighted by Crippen LogP contribution is -2.36. The normalized spacial score (nSPS) is 14.7. The van der Waals surface area contributed by atoms with Crippen LogP contribution in [-0.2, 0) is 16.3 Å². The minimum Gasteiger partial charge on any atom is -0.440 e. The summed E-state index contributed by atoms with van der Waals surface area (Å²) in [6, 6.07) is 8.05. The minimum atomic E-state index is -3.44. The second-order valence-corrected chi connectivity index (χ2v) is 7.56. The summed E-state index contributed by atoms with van der Waals surface area (Å²) in [7, 11) is -3.44. The molecule has 116 valence electrons. The minimum absolute atomic E-state index is 0.0983. The van der Waals surface area contributed by atoms with Crippen molar-refractivity contribution in [2.24, 2.45) is 0 Å². The van der Waals surface area contributed by atoms with Crippen LogP contribution in [0.25, 0.3) is 0 Å². The first-order valence-corrected chi connectivity index (χ1v) is 9.04. The van der Waals surface area contributed by atoms with E-state index in [2.05, 4.69) is 0 Å². The molecule has 0 spiro atoms. The molecule has 0 fully saturated rings. The number of aryl methyl sites for hydroxylation is 1. The fourth-order valence-electron chi connectivity index (χ4n) is 2.68. The van der Waals surface area contributed by atoms with E-state index in [1.54, 1.807) is 6.07 Å². The number of benzene rings is 1. The van der Waals surface area contributed by atoms with Crippen LogP contribution in [0.3, 0.4) is 0 Å². The summed E-state index contributed by atoms with van der Waals surface area (Å²) in [5, 5.41) is 0.122. The van der Waals surface area contributed by atoms with Gasteiger partial charge >= 0.3 is 0 Å². The molecule has 5 nitrogen and oxygen atoms in total. The number of hydrogen-bond donors (Lipinski definition) is 0. The van der Waals surface area contributed by atoms with Gasteiger partial charge in [0.05, 0.1) is 10.6 Å². The lowest BCUT2D eigenvalue weighted by atomic mass is 10.0. The molecule has 0 radical (unpaired) electrons. The van der Waals surface area contributed by atoms with Gasteiger partial charge in [-0.05, 0) is 48.2 Å². The Morgan fingerprint density at radius 2 is 2.05 bits per heavy atom. The molecule has 0 atom stereocenters. The quantitative estimate of drug-likeness (QED) is 0.843. The number of para-hydroxylation sites is 1. The van der Waals surface area contributed by atoms with Gasteiger partial charge in [-0.25, -0.2) is 8.42 Å². The van der Waals surface area contributed by atoms with Crippen LogP contribution >= 0.6 is 11.6 Å². The van der Waals surface area contributed by atoms with Crippen molar-refractivity contribution in [1.29, 1.82) is 0 Å². The van der Waals surface area contributed by atoms with Crippen molar-refractivity contribution in [3.05, 3.63) is 46.9 Å². The molecule has 0 saturated heterocycles. The zero-order valence-corrected chi connectivity index (χ0v) is 13.4. The number of rotatable bonds is 2. The second-order valence-electron chi connectivity index (χ2n) is 5.20. The average Bonchev–Trinajstić information content (AvgIpc) is 2.91. The topological polar surface area (TPSA) is 67.6 Å². The highest BCUT2D eigenvalue weighted by molar-refractivity contribution is 7.90. The van der Waals surface area contributed by atoms with Crippen molar-refractivity contribution in [2.75, 3.05) is 17.7 Å². The van der Waals surface area contributed by atoms with Gasteiger partial charge in [-0.3, -0.25) is 4.79 Å². The predicted molar refractivity (Wildman–Crippen MR) is 83.3 cm³/mol. The fraction of sp³-hybridized carbons (Fsp3) is 0.267. The van der Waals surface area contributed by atoms with Crippen molar-refractivity contribution in [2.45, 2.75) is 17.7 Å². The van der Waals surface area contributed by atoms with E-state index in [4.69, 9.17) is 16.0 Å². The molecule has 22 heavy (non-hydrogen) atoms. The fourth-order valence-corrected chi connectivity index (χ4v) is 3.74. The summed E-state index contributed by atoms with van der Waals surface area (Å²) >= 11 is 5.71. The molecule has 2 aromatic rings. The van der Waals surface area contributed by atoms with Gasteiger partial charge in [-0.1, -0.05) is 12.1 Å². The third kappa shape index (κ3) is 2.64. The first kappa shape index (κ1) is 15.1. The Bertz CT molecular complexity index is 841. The molecule has 0 aliphatic carbocycles. The number of sulfone groups is 1. The average molecular weight is 340 g/mol. The van der Waals surface area contributed by atoms with E-state index in [0.29, 0.717) is 12.2 Å². The molecule has 0 unspecified atom stereocenters. The number of carbonyl (C=O) groups excluding carboxylic acids is 1. The molecule has 1 amide bonds. The number of nitrogens with zero attached hydrogens (tertiary/aromatic N) is 1. The number of carbonyl (C=O) groups is 1. The van der Waals surface area contributed by atoms with E-state index in [1.807, 2.05) is 6.07 Å². The monoisotopic (exact) mass is 339 g/mol. The predicted octanol–water partition coefficient (Wildman–Crippen LogP) is 2.93. The number of furan rings is 1. The summed E-state index contributed by atoms with van der Waals surface area (Å²) in [6.45, 7) is 0.441. The first-order valence-electron chi connectivity index (χ1n) is 6.77. The standard InChI is InChI=1S/C15H14ClNO4S/c1-22(19,20)12-6-2-4-10-5-3-9-17(14(10)12)15(18)11-7-8-13(16)21-11/h2,4,6-8H,3,5,9H2,1H3. The van der Waals surface area contributed by atoms with Gasteiger partial charge in [-0.2, -0.15) is 0 Å². The number of fused-ring (bicyclic) bond motifs is 1. The highest BCUT2D eigenvalue weighted by atomic mass is 35.5. The van der Waals surface area contributed by atoms with Gasteiger partial charge in [0.1, 0.15) is 0 Å². The van der Waals surface area contributed by atoms with E-state index in [-0.39, 0.29) is 21.8 Å². The molecule has 2 heterocycles. The molecular formula is C15H14ClNO4S. The zero-order valence-electron chi connectivity index (χ0n) is 11.9. The molecular weight excluding hydrogens is 326 g/mol. The van der Waals surface area contributed by atoms with Gasteiger partial charge in [0.25, 0.3) is 5.91 Å². The third-order valence-electron chi connectivity index (χ3n) is 3.61. The Hall–Kier alpha value is -1.79. The van der Waals surface area contributed by atoms with Crippen LogP contribution in [0.2, 0.25) is 5.22 Å². The van der Waals surface area contributed by atoms with E-state index in [9.17, 15) is 13.2 Å². The smallest absolute Gasteiger partial charge is 0.294 e. The van der Waals surface area contributed by atoms with Crippen molar-refractivity contribution in [3.8, 4) is 0 Å². The molecule has 0 bridgehead atoms. The lowest BCUT2D eigenvalue weighted by Gasteiger charge is -2.30. The number of amides is 1. The largest absolute Gasteiger partial charge is 0.440 e. The maximum atomic E-state index is 12.6. The highest BCUT2D eigenvalue weighted by Crippen LogP contribution is 2.35. The Labute approximate surface area is 133 Å². The van der Waals surface area contributed by atoms with Crippen LogP contribution in [0, 0.1) is 0 Å². The van der Waals surface area contributed by atoms with Gasteiger partial charge in [-0.15, -0.1) is 0 Å². The SMILES string of the molecule is CS(=O)(=O)c1cccc2c1N(C(=O)c1ccc(Cl)o1)CCC2. The molecule has 1 aromatic heterocycles. The Morgan fingerprint density at radius 3 is 2.68 bits per heavy atom. The van der Waals surface area contributed by atoms with Crippen molar-refractivity contribution >= 4 is 33.0 Å². The summed E-state index contributed by atoms with van der Waals surface area (Å²) in [5.74, 6) is -0.287. The van der Waals surface area contributed by atoms with Gasteiger partial charge in [0.2, 0.25) is 0 Å². The van der Waals surface area contributed by atoms with E-state index in [0.717, 1.165) is 24.7 Å². The Kier molecular flexibility index (Phi) is 3.74. The Balaban J connectivity index is 2.13. The summed E-state index contributed by atoms with van der Waals surface area (Å²) in [5.41, 5.74) is 1.30. The van der Waals surface area contributed by atoms with E-state index in [1.165, 1.54) is 23.1 Å². The van der Waals surface area contributed by atoms with E-state index < -0.39 is 9.84 Å². The van der Waals surface area contributed by atoms with Crippen molar-refractivity contribution in [3.63, 3.8) is 0 Å². The van der Waals surface area contributed by atoms with Gasteiger partial charge in [0.15, 0.2) is 20.8 Å². The number of halogens is 1. The summed E-state index contributed by atoms with van der Waals surface area (Å²) < 4.78 is 29.2. The van der Waals surface area contributed by atoms with Crippen LogP contribution in [-0.4, -0.2) is 27.1 Å². The van der Waals surface area contributed by atoms with Crippen molar-refractivity contribution in [1.82, 2.24) is 0 Å². The number of anilines is 1. The third-order valence-corrected chi connectivity index (χ3v) is 4.94. The van der Waals surface area contributed by atoms with Crippen molar-refractivity contribution < 1.29 is 17.6 Å². The van der Waals surface area contributed by atoms with E-state index >= 15 is 0 Å². The van der Waals surface area contributed by atoms with Crippen LogP contribution in [0.4, 0.5) is 5.69 Å². The van der Waals surface area contributed by atoms with Crippen LogP contribution in [0.1, 0.15) is 22.5 Å². The Morgan fingerprint density at radius 1 is 1.27 bits per heavy atom. The molecule has 1 aliphatic heterocycles. The summed E-state index contributed by atoms with van der Waals surface area (Å²) in [4.78, 5) is 14.3.